The Morgan fingerprint density at radius 3 is 1.72 bits per heavy atom. The molecule has 0 aliphatic carbocycles. The number of rotatable bonds is 5. The highest BCUT2D eigenvalue weighted by Crippen LogP contribution is 2.45. The fraction of sp³-hybridized carbons (Fsp3) is 0. The SMILES string of the molecule is c1ccc2c(-c3ccc(N(c4ccc(-c5ccc6cc7c(cc6c5)sc5ccccc57)cc4)c4cccc5c4sc4ccccc45)cc3)cccc2c1. The second-order valence-corrected chi connectivity index (χ2v) is 15.9. The summed E-state index contributed by atoms with van der Waals surface area (Å²) < 4.78 is 5.27. The maximum atomic E-state index is 2.42. The van der Waals surface area contributed by atoms with Crippen molar-refractivity contribution in [2.75, 3.05) is 4.90 Å². The molecule has 0 N–H and O–H groups in total. The minimum absolute atomic E-state index is 1.13. The number of nitrogens with zero attached hydrogens (tertiary/aromatic N) is 1. The van der Waals surface area contributed by atoms with E-state index in [4.69, 9.17) is 0 Å². The minimum atomic E-state index is 1.13. The fourth-order valence-corrected chi connectivity index (χ4v) is 10.4. The van der Waals surface area contributed by atoms with Crippen molar-refractivity contribution in [2.45, 2.75) is 0 Å². The number of hydrogen-bond acceptors (Lipinski definition) is 3. The fourth-order valence-electron chi connectivity index (χ4n) is 8.05. The summed E-state index contributed by atoms with van der Waals surface area (Å²) >= 11 is 3.75. The standard InChI is InChI=1S/C50H31NS2/c1-2-11-40-33(9-1)10-7-14-41(40)34-23-27-39(28-24-34)51(46-16-8-15-44-42-12-3-6-18-48(42)53-50(44)46)38-25-21-32(22-26-38)35-19-20-36-30-45-43-13-4-5-17-47(43)52-49(45)31-37(36)29-35/h1-31H. The molecule has 0 saturated carbocycles. The van der Waals surface area contributed by atoms with Crippen molar-refractivity contribution in [2.24, 2.45) is 0 Å². The van der Waals surface area contributed by atoms with Crippen molar-refractivity contribution in [1.29, 1.82) is 0 Å². The Bertz CT molecular complexity index is 3160. The van der Waals surface area contributed by atoms with Gasteiger partial charge >= 0.3 is 0 Å². The third-order valence-electron chi connectivity index (χ3n) is 10.6. The molecule has 0 atom stereocenters. The highest BCUT2D eigenvalue weighted by atomic mass is 32.1. The average Bonchev–Trinajstić information content (AvgIpc) is 3.79. The number of fused-ring (bicyclic) bond motifs is 8. The Kier molecular flexibility index (Phi) is 6.97. The van der Waals surface area contributed by atoms with E-state index in [9.17, 15) is 0 Å². The molecule has 53 heavy (non-hydrogen) atoms. The third kappa shape index (κ3) is 5.04. The summed E-state index contributed by atoms with van der Waals surface area (Å²) in [5.41, 5.74) is 8.34. The van der Waals surface area contributed by atoms with Crippen LogP contribution in [0.2, 0.25) is 0 Å². The van der Waals surface area contributed by atoms with E-state index in [1.807, 2.05) is 22.7 Å². The molecule has 0 radical (unpaired) electrons. The predicted octanol–water partition coefficient (Wildman–Crippen LogP) is 15.5. The third-order valence-corrected chi connectivity index (χ3v) is 13.0. The number of anilines is 3. The molecule has 2 aromatic heterocycles. The molecule has 2 heterocycles. The molecule has 9 aromatic carbocycles. The van der Waals surface area contributed by atoms with Crippen LogP contribution in [0.15, 0.2) is 188 Å². The molecule has 0 amide bonds. The summed E-state index contributed by atoms with van der Waals surface area (Å²) in [6, 6.07) is 69.2. The zero-order valence-electron chi connectivity index (χ0n) is 28.7. The van der Waals surface area contributed by atoms with E-state index in [1.165, 1.54) is 89.8 Å². The molecular weight excluding hydrogens is 679 g/mol. The molecule has 1 nitrogen and oxygen atoms in total. The first kappa shape index (κ1) is 30.4. The van der Waals surface area contributed by atoms with E-state index in [-0.39, 0.29) is 0 Å². The lowest BCUT2D eigenvalue weighted by atomic mass is 9.98. The molecule has 248 valence electrons. The molecule has 0 bridgehead atoms. The van der Waals surface area contributed by atoms with Crippen LogP contribution in [0.1, 0.15) is 0 Å². The first-order valence-electron chi connectivity index (χ1n) is 18.0. The largest absolute Gasteiger partial charge is 0.309 e. The Morgan fingerprint density at radius 1 is 0.321 bits per heavy atom. The minimum Gasteiger partial charge on any atom is -0.309 e. The number of hydrogen-bond donors (Lipinski definition) is 0. The van der Waals surface area contributed by atoms with Crippen molar-refractivity contribution < 1.29 is 0 Å². The lowest BCUT2D eigenvalue weighted by molar-refractivity contribution is 1.30. The van der Waals surface area contributed by atoms with E-state index in [0.717, 1.165) is 11.4 Å². The van der Waals surface area contributed by atoms with Gasteiger partial charge in [0.05, 0.1) is 10.4 Å². The maximum absolute atomic E-state index is 2.42. The summed E-state index contributed by atoms with van der Waals surface area (Å²) in [5.74, 6) is 0. The molecule has 11 aromatic rings. The molecule has 0 spiro atoms. The Balaban J connectivity index is 1.02. The van der Waals surface area contributed by atoms with Crippen molar-refractivity contribution in [3.8, 4) is 22.3 Å². The van der Waals surface area contributed by atoms with Crippen LogP contribution < -0.4 is 4.90 Å². The van der Waals surface area contributed by atoms with Crippen LogP contribution in [-0.4, -0.2) is 0 Å². The Labute approximate surface area is 315 Å². The first-order valence-corrected chi connectivity index (χ1v) is 19.6. The van der Waals surface area contributed by atoms with E-state index in [2.05, 4.69) is 193 Å². The van der Waals surface area contributed by atoms with Gasteiger partial charge in [0.2, 0.25) is 0 Å². The maximum Gasteiger partial charge on any atom is 0.0640 e. The molecule has 11 rings (SSSR count). The molecule has 0 fully saturated rings. The van der Waals surface area contributed by atoms with E-state index in [0.29, 0.717) is 0 Å². The van der Waals surface area contributed by atoms with Crippen LogP contribution in [0.5, 0.6) is 0 Å². The smallest absolute Gasteiger partial charge is 0.0640 e. The molecule has 0 unspecified atom stereocenters. The van der Waals surface area contributed by atoms with Gasteiger partial charge in [0.25, 0.3) is 0 Å². The average molecular weight is 710 g/mol. The molecule has 0 saturated heterocycles. The highest BCUT2D eigenvalue weighted by Gasteiger charge is 2.19. The summed E-state index contributed by atoms with van der Waals surface area (Å²) in [5, 5.41) is 10.4. The van der Waals surface area contributed by atoms with Gasteiger partial charge in [0, 0.05) is 47.0 Å². The molecule has 0 aliphatic heterocycles. The summed E-state index contributed by atoms with van der Waals surface area (Å²) in [6.07, 6.45) is 0. The van der Waals surface area contributed by atoms with Crippen LogP contribution in [0.4, 0.5) is 17.1 Å². The zero-order chi connectivity index (χ0) is 34.9. The lowest BCUT2D eigenvalue weighted by Gasteiger charge is -2.26. The van der Waals surface area contributed by atoms with Gasteiger partial charge < -0.3 is 4.90 Å². The lowest BCUT2D eigenvalue weighted by Crippen LogP contribution is -2.10. The summed E-state index contributed by atoms with van der Waals surface area (Å²) in [4.78, 5) is 2.42. The van der Waals surface area contributed by atoms with Gasteiger partial charge in [-0.25, -0.2) is 0 Å². The normalized spacial score (nSPS) is 11.8. The quantitative estimate of drug-likeness (QED) is 0.172. The van der Waals surface area contributed by atoms with Gasteiger partial charge in [-0.1, -0.05) is 127 Å². The molecular formula is C50H31NS2. The van der Waals surface area contributed by atoms with Gasteiger partial charge in [-0.15, -0.1) is 22.7 Å². The van der Waals surface area contributed by atoms with Crippen LogP contribution in [-0.2, 0) is 0 Å². The van der Waals surface area contributed by atoms with Crippen LogP contribution in [0.25, 0.3) is 84.1 Å². The topological polar surface area (TPSA) is 3.24 Å². The van der Waals surface area contributed by atoms with Crippen LogP contribution in [0.3, 0.4) is 0 Å². The van der Waals surface area contributed by atoms with Gasteiger partial charge in [-0.2, -0.15) is 0 Å². The van der Waals surface area contributed by atoms with Crippen molar-refractivity contribution in [3.05, 3.63) is 188 Å². The second-order valence-electron chi connectivity index (χ2n) is 13.7. The molecule has 0 aliphatic rings. The summed E-state index contributed by atoms with van der Waals surface area (Å²) in [7, 11) is 0. The van der Waals surface area contributed by atoms with Crippen LogP contribution in [0, 0.1) is 0 Å². The van der Waals surface area contributed by atoms with Crippen molar-refractivity contribution in [1.82, 2.24) is 0 Å². The van der Waals surface area contributed by atoms with Gasteiger partial charge in [-0.05, 0) is 104 Å². The first-order chi connectivity index (χ1) is 26.2. The van der Waals surface area contributed by atoms with E-state index < -0.39 is 0 Å². The summed E-state index contributed by atoms with van der Waals surface area (Å²) in [6.45, 7) is 0. The van der Waals surface area contributed by atoms with Gasteiger partial charge in [0.1, 0.15) is 0 Å². The highest BCUT2D eigenvalue weighted by molar-refractivity contribution is 7.26. The number of benzene rings is 9. The second kappa shape index (κ2) is 12.2. The van der Waals surface area contributed by atoms with E-state index >= 15 is 0 Å². The zero-order valence-corrected chi connectivity index (χ0v) is 30.3. The monoisotopic (exact) mass is 709 g/mol. The molecule has 3 heteroatoms. The Hall–Kier alpha value is -6.26. The van der Waals surface area contributed by atoms with Crippen LogP contribution >= 0.6 is 22.7 Å². The Morgan fingerprint density at radius 2 is 0.925 bits per heavy atom. The van der Waals surface area contributed by atoms with Crippen molar-refractivity contribution in [3.63, 3.8) is 0 Å². The van der Waals surface area contributed by atoms with Crippen molar-refractivity contribution >= 4 is 102 Å². The van der Waals surface area contributed by atoms with E-state index in [1.54, 1.807) is 0 Å². The van der Waals surface area contributed by atoms with Gasteiger partial charge in [-0.3, -0.25) is 0 Å². The number of thiophene rings is 2. The van der Waals surface area contributed by atoms with Gasteiger partial charge in [0.15, 0.2) is 0 Å². The predicted molar refractivity (Wildman–Crippen MR) is 233 cm³/mol.